The fourth-order valence-corrected chi connectivity index (χ4v) is 3.29. The van der Waals surface area contributed by atoms with Crippen LogP contribution in [0, 0.1) is 0 Å². The number of methoxy groups -OCH3 is 1. The minimum atomic E-state index is 0.518. The number of benzene rings is 1. The van der Waals surface area contributed by atoms with Crippen LogP contribution in [-0.4, -0.2) is 34.9 Å². The smallest absolute Gasteiger partial charge is 0.247 e. The predicted octanol–water partition coefficient (Wildman–Crippen LogP) is 3.02. The van der Waals surface area contributed by atoms with Crippen LogP contribution in [0.15, 0.2) is 45.8 Å². The maximum atomic E-state index is 6.51. The zero-order valence-electron chi connectivity index (χ0n) is 15.6. The molecule has 0 fully saturated rings. The lowest BCUT2D eigenvalue weighted by Gasteiger charge is -2.12. The number of allylic oxidation sites excluding steroid dienone is 1. The van der Waals surface area contributed by atoms with E-state index in [0.29, 0.717) is 23.7 Å². The molecule has 0 spiro atoms. The summed E-state index contributed by atoms with van der Waals surface area (Å²) >= 11 is 0. The van der Waals surface area contributed by atoms with Crippen LogP contribution in [0.3, 0.4) is 0 Å². The molecule has 1 aliphatic rings. The molecular weight excluding hydrogens is 342 g/mol. The summed E-state index contributed by atoms with van der Waals surface area (Å²) in [5.41, 5.74) is 12.5. The quantitative estimate of drug-likeness (QED) is 0.720. The van der Waals surface area contributed by atoms with Crippen LogP contribution in [0.1, 0.15) is 23.9 Å². The SMILES string of the molecule is CCc1coc(-c2ncn3c2CC(C=NC)=C(N)c2cc(OC)ccc2-3)n1. The molecule has 0 bridgehead atoms. The number of oxazole rings is 1. The third kappa shape index (κ3) is 2.81. The van der Waals surface area contributed by atoms with Gasteiger partial charge in [-0.3, -0.25) is 4.99 Å². The van der Waals surface area contributed by atoms with Gasteiger partial charge in [-0.15, -0.1) is 0 Å². The van der Waals surface area contributed by atoms with Crippen molar-refractivity contribution in [2.75, 3.05) is 14.2 Å². The van der Waals surface area contributed by atoms with Gasteiger partial charge in [-0.05, 0) is 30.2 Å². The van der Waals surface area contributed by atoms with Gasteiger partial charge < -0.3 is 19.5 Å². The monoisotopic (exact) mass is 363 g/mol. The molecule has 7 nitrogen and oxygen atoms in total. The zero-order chi connectivity index (χ0) is 19.0. The molecular formula is C20H21N5O2. The van der Waals surface area contributed by atoms with E-state index < -0.39 is 0 Å². The Morgan fingerprint density at radius 3 is 2.96 bits per heavy atom. The molecule has 27 heavy (non-hydrogen) atoms. The van der Waals surface area contributed by atoms with E-state index in [-0.39, 0.29) is 0 Å². The van der Waals surface area contributed by atoms with Crippen molar-refractivity contribution < 1.29 is 9.15 Å². The summed E-state index contributed by atoms with van der Waals surface area (Å²) in [5.74, 6) is 1.26. The first-order chi connectivity index (χ1) is 13.2. The number of hydrogen-bond acceptors (Lipinski definition) is 6. The minimum absolute atomic E-state index is 0.518. The number of rotatable bonds is 4. The zero-order valence-corrected chi connectivity index (χ0v) is 15.6. The molecule has 4 rings (SSSR count). The lowest BCUT2D eigenvalue weighted by molar-refractivity contribution is 0.414. The number of aromatic nitrogens is 3. The Kier molecular flexibility index (Phi) is 4.27. The van der Waals surface area contributed by atoms with E-state index in [1.54, 1.807) is 33.0 Å². The number of aliphatic imine (C=N–C) groups is 1. The van der Waals surface area contributed by atoms with Crippen LogP contribution in [0.5, 0.6) is 5.75 Å². The fraction of sp³-hybridized carbons (Fsp3) is 0.250. The highest BCUT2D eigenvalue weighted by molar-refractivity contribution is 5.93. The second kappa shape index (κ2) is 6.75. The second-order valence-corrected chi connectivity index (χ2v) is 6.29. The number of imidazole rings is 1. The van der Waals surface area contributed by atoms with Gasteiger partial charge in [0.1, 0.15) is 24.0 Å². The number of nitrogens with zero attached hydrogens (tertiary/aromatic N) is 4. The van der Waals surface area contributed by atoms with E-state index >= 15 is 0 Å². The average Bonchev–Trinajstić information content (AvgIpc) is 3.31. The Balaban J connectivity index is 1.95. The van der Waals surface area contributed by atoms with E-state index in [9.17, 15) is 0 Å². The van der Waals surface area contributed by atoms with E-state index in [0.717, 1.165) is 40.4 Å². The number of aryl methyl sites for hydroxylation is 1. The molecule has 2 aromatic heterocycles. The van der Waals surface area contributed by atoms with Crippen molar-refractivity contribution in [1.82, 2.24) is 14.5 Å². The third-order valence-corrected chi connectivity index (χ3v) is 4.73. The van der Waals surface area contributed by atoms with Crippen LogP contribution >= 0.6 is 0 Å². The molecule has 3 aromatic rings. The molecule has 0 aliphatic carbocycles. The Labute approximate surface area is 157 Å². The van der Waals surface area contributed by atoms with Gasteiger partial charge in [-0.1, -0.05) is 6.92 Å². The van der Waals surface area contributed by atoms with Crippen LogP contribution in [0.4, 0.5) is 0 Å². The van der Waals surface area contributed by atoms with Gasteiger partial charge in [-0.2, -0.15) is 0 Å². The van der Waals surface area contributed by atoms with E-state index in [4.69, 9.17) is 14.9 Å². The van der Waals surface area contributed by atoms with Crippen LogP contribution in [0.25, 0.3) is 23.0 Å². The van der Waals surface area contributed by atoms with Gasteiger partial charge in [0.25, 0.3) is 0 Å². The maximum Gasteiger partial charge on any atom is 0.247 e. The molecule has 2 N–H and O–H groups in total. The number of fused-ring (bicyclic) bond motifs is 3. The van der Waals surface area contributed by atoms with Crippen LogP contribution in [-0.2, 0) is 12.8 Å². The second-order valence-electron chi connectivity index (χ2n) is 6.29. The van der Waals surface area contributed by atoms with E-state index in [2.05, 4.69) is 15.0 Å². The molecule has 0 unspecified atom stereocenters. The minimum Gasteiger partial charge on any atom is -0.497 e. The van der Waals surface area contributed by atoms with Gasteiger partial charge in [0.15, 0.2) is 0 Å². The molecule has 0 radical (unpaired) electrons. The number of hydrogen-bond donors (Lipinski definition) is 1. The van der Waals surface area contributed by atoms with Crippen molar-refractivity contribution in [2.24, 2.45) is 10.7 Å². The summed E-state index contributed by atoms with van der Waals surface area (Å²) in [6.07, 6.45) is 6.63. The highest BCUT2D eigenvalue weighted by Crippen LogP contribution is 2.35. The van der Waals surface area contributed by atoms with E-state index in [1.165, 1.54) is 0 Å². The van der Waals surface area contributed by atoms with Gasteiger partial charge in [0, 0.05) is 30.9 Å². The summed E-state index contributed by atoms with van der Waals surface area (Å²) in [7, 11) is 3.37. The fourth-order valence-electron chi connectivity index (χ4n) is 3.29. The summed E-state index contributed by atoms with van der Waals surface area (Å²) in [6, 6.07) is 5.83. The van der Waals surface area contributed by atoms with Gasteiger partial charge in [0.05, 0.1) is 24.2 Å². The molecule has 3 heterocycles. The predicted molar refractivity (Wildman–Crippen MR) is 104 cm³/mol. The van der Waals surface area contributed by atoms with Crippen molar-refractivity contribution in [3.05, 3.63) is 53.3 Å². The van der Waals surface area contributed by atoms with Crippen LogP contribution in [0.2, 0.25) is 0 Å². The molecule has 0 saturated carbocycles. The Bertz CT molecular complexity index is 1060. The van der Waals surface area contributed by atoms with Crippen molar-refractivity contribution in [1.29, 1.82) is 0 Å². The largest absolute Gasteiger partial charge is 0.497 e. The first-order valence-corrected chi connectivity index (χ1v) is 8.76. The lowest BCUT2D eigenvalue weighted by Crippen LogP contribution is -2.05. The first-order valence-electron chi connectivity index (χ1n) is 8.76. The van der Waals surface area contributed by atoms with Crippen molar-refractivity contribution in [3.63, 3.8) is 0 Å². The summed E-state index contributed by atoms with van der Waals surface area (Å²) < 4.78 is 13.1. The number of nitrogens with two attached hydrogens (primary N) is 1. The standard InChI is InChI=1S/C20H21N5O2/c1-4-13-10-27-20(24-13)19-17-7-12(9-22-2)18(21)15-8-14(26-3)5-6-16(15)25(17)11-23-19/h5-6,8-11H,4,7,21H2,1-3H3. The maximum absolute atomic E-state index is 6.51. The Hall–Kier alpha value is -3.35. The molecule has 0 amide bonds. The highest BCUT2D eigenvalue weighted by atomic mass is 16.5. The Morgan fingerprint density at radius 1 is 1.41 bits per heavy atom. The van der Waals surface area contributed by atoms with E-state index in [1.807, 2.05) is 29.7 Å². The normalized spacial score (nSPS) is 13.6. The topological polar surface area (TPSA) is 91.5 Å². The van der Waals surface area contributed by atoms with Gasteiger partial charge >= 0.3 is 0 Å². The summed E-state index contributed by atoms with van der Waals surface area (Å²) in [6.45, 7) is 2.04. The number of ether oxygens (including phenoxy) is 1. The molecule has 0 saturated heterocycles. The molecule has 1 aliphatic heterocycles. The molecule has 0 atom stereocenters. The van der Waals surface area contributed by atoms with Crippen molar-refractivity contribution in [3.8, 4) is 23.0 Å². The third-order valence-electron chi connectivity index (χ3n) is 4.73. The van der Waals surface area contributed by atoms with Crippen LogP contribution < -0.4 is 10.5 Å². The molecule has 1 aromatic carbocycles. The first kappa shape index (κ1) is 17.1. The lowest BCUT2D eigenvalue weighted by atomic mass is 10.0. The Morgan fingerprint density at radius 2 is 2.26 bits per heavy atom. The summed E-state index contributed by atoms with van der Waals surface area (Å²) in [5, 5.41) is 0. The van der Waals surface area contributed by atoms with Crippen molar-refractivity contribution >= 4 is 11.9 Å². The average molecular weight is 363 g/mol. The van der Waals surface area contributed by atoms with Gasteiger partial charge in [0.2, 0.25) is 5.89 Å². The molecule has 138 valence electrons. The molecule has 7 heteroatoms. The van der Waals surface area contributed by atoms with Gasteiger partial charge in [-0.25, -0.2) is 9.97 Å². The summed E-state index contributed by atoms with van der Waals surface area (Å²) in [4.78, 5) is 13.3. The highest BCUT2D eigenvalue weighted by Gasteiger charge is 2.25. The van der Waals surface area contributed by atoms with Crippen molar-refractivity contribution in [2.45, 2.75) is 19.8 Å².